The van der Waals surface area contributed by atoms with Crippen LogP contribution in [-0.2, 0) is 10.0 Å². The Hall–Kier alpha value is -3.43. The lowest BCUT2D eigenvalue weighted by Crippen LogP contribution is -2.53. The number of aryl methyl sites for hydroxylation is 1. The normalized spacial score (nSPS) is 17.4. The molecular weight excluding hydrogens is 438 g/mol. The fraction of sp³-hybridized carbons (Fsp3) is 0.250. The van der Waals surface area contributed by atoms with Crippen LogP contribution in [0.4, 0.5) is 5.69 Å². The number of nitrogens with zero attached hydrogens (tertiary/aromatic N) is 4. The third-order valence-corrected chi connectivity index (χ3v) is 7.74. The Morgan fingerprint density at radius 2 is 1.79 bits per heavy atom. The first-order chi connectivity index (χ1) is 15.9. The molecule has 0 spiro atoms. The molecule has 2 aromatic carbocycles. The lowest BCUT2D eigenvalue weighted by atomic mass is 10.1. The number of hydrogen-bond acceptors (Lipinski definition) is 6. The number of H-pyrrole nitrogens is 1. The number of anilines is 1. The molecule has 0 amide bonds. The first-order valence-electron chi connectivity index (χ1n) is 10.8. The molecule has 1 N–H and O–H groups in total. The summed E-state index contributed by atoms with van der Waals surface area (Å²) in [6.45, 7) is 5.57. The molecule has 0 radical (unpaired) electrons. The minimum absolute atomic E-state index is 0.0538. The van der Waals surface area contributed by atoms with Crippen molar-refractivity contribution in [2.45, 2.75) is 24.8 Å². The van der Waals surface area contributed by atoms with Crippen LogP contribution in [0.3, 0.4) is 0 Å². The summed E-state index contributed by atoms with van der Waals surface area (Å²) in [5.41, 5.74) is 3.57. The van der Waals surface area contributed by atoms with E-state index in [4.69, 9.17) is 4.42 Å². The fourth-order valence-electron chi connectivity index (χ4n) is 4.16. The second kappa shape index (κ2) is 8.49. The zero-order chi connectivity index (χ0) is 23.0. The molecule has 4 aromatic rings. The number of aromatic amines is 1. The Morgan fingerprint density at radius 3 is 2.55 bits per heavy atom. The molecule has 2 aromatic heterocycles. The smallest absolute Gasteiger partial charge is 0.264 e. The van der Waals surface area contributed by atoms with Crippen molar-refractivity contribution in [3.05, 3.63) is 72.4 Å². The van der Waals surface area contributed by atoms with Gasteiger partial charge < -0.3 is 14.3 Å². The lowest BCUT2D eigenvalue weighted by Gasteiger charge is -2.40. The Balaban J connectivity index is 1.33. The highest BCUT2D eigenvalue weighted by molar-refractivity contribution is 7.89. The molecule has 0 saturated carbocycles. The summed E-state index contributed by atoms with van der Waals surface area (Å²) in [6, 6.07) is 19.3. The second-order valence-corrected chi connectivity index (χ2v) is 10.2. The minimum atomic E-state index is -3.66. The van der Waals surface area contributed by atoms with Crippen molar-refractivity contribution in [1.82, 2.24) is 19.5 Å². The van der Waals surface area contributed by atoms with Gasteiger partial charge in [0.1, 0.15) is 10.6 Å². The molecule has 0 aliphatic carbocycles. The summed E-state index contributed by atoms with van der Waals surface area (Å²) in [5, 5.41) is 8.15. The molecule has 1 unspecified atom stereocenters. The molecule has 0 bridgehead atoms. The van der Waals surface area contributed by atoms with Crippen LogP contribution in [0, 0.1) is 6.92 Å². The average molecular weight is 464 g/mol. The van der Waals surface area contributed by atoms with Crippen molar-refractivity contribution < 1.29 is 12.8 Å². The zero-order valence-corrected chi connectivity index (χ0v) is 19.3. The molecule has 1 atom stereocenters. The number of benzene rings is 2. The summed E-state index contributed by atoms with van der Waals surface area (Å²) in [6.07, 6.45) is 1.48. The minimum Gasteiger partial charge on any atom is -0.415 e. The molecular formula is C24H25N5O3S. The number of aromatic nitrogens is 3. The number of hydrogen-bond donors (Lipinski definition) is 1. The number of sulfonamides is 1. The first kappa shape index (κ1) is 21.4. The van der Waals surface area contributed by atoms with Crippen molar-refractivity contribution >= 4 is 15.7 Å². The van der Waals surface area contributed by atoms with Gasteiger partial charge in [-0.05, 0) is 49.7 Å². The van der Waals surface area contributed by atoms with Gasteiger partial charge in [0.15, 0.2) is 0 Å². The van der Waals surface area contributed by atoms with E-state index in [0.717, 1.165) is 11.3 Å². The van der Waals surface area contributed by atoms with Gasteiger partial charge in [-0.3, -0.25) is 0 Å². The van der Waals surface area contributed by atoms with Gasteiger partial charge in [0.2, 0.25) is 15.9 Å². The van der Waals surface area contributed by atoms with Crippen LogP contribution < -0.4 is 4.90 Å². The van der Waals surface area contributed by atoms with E-state index < -0.39 is 10.0 Å². The Morgan fingerprint density at radius 1 is 1.00 bits per heavy atom. The predicted molar refractivity (Wildman–Crippen MR) is 126 cm³/mol. The fourth-order valence-corrected chi connectivity index (χ4v) is 5.66. The molecule has 1 fully saturated rings. The predicted octanol–water partition coefficient (Wildman–Crippen LogP) is 3.94. The maximum Gasteiger partial charge on any atom is 0.264 e. The summed E-state index contributed by atoms with van der Waals surface area (Å²) in [5.74, 6) is 0.624. The second-order valence-electron chi connectivity index (χ2n) is 8.27. The highest BCUT2D eigenvalue weighted by atomic mass is 32.2. The average Bonchev–Trinajstić information content (AvgIpc) is 3.50. The maximum atomic E-state index is 13.3. The molecule has 5 rings (SSSR count). The Labute approximate surface area is 192 Å². The van der Waals surface area contributed by atoms with E-state index in [1.807, 2.05) is 36.4 Å². The van der Waals surface area contributed by atoms with Crippen LogP contribution in [0.5, 0.6) is 0 Å². The molecule has 1 aliphatic rings. The Bertz CT molecular complexity index is 1360. The van der Waals surface area contributed by atoms with Gasteiger partial charge in [-0.1, -0.05) is 30.3 Å². The lowest BCUT2D eigenvalue weighted by molar-refractivity contribution is 0.342. The van der Waals surface area contributed by atoms with Gasteiger partial charge >= 0.3 is 0 Å². The van der Waals surface area contributed by atoms with Crippen molar-refractivity contribution in [3.8, 4) is 23.0 Å². The standard InChI is InChI=1S/C24H25N5O3S/c1-17-7-6-10-20(13-17)29-12-11-28(16-18(29)2)33(30,31)21-14-22(25-15-21)24-27-26-23(32-24)19-8-4-3-5-9-19/h3-10,13-15,18,25H,11-12,16H2,1-2H3. The maximum absolute atomic E-state index is 13.3. The van der Waals surface area contributed by atoms with E-state index in [2.05, 4.69) is 52.1 Å². The van der Waals surface area contributed by atoms with Crippen LogP contribution in [0.2, 0.25) is 0 Å². The van der Waals surface area contributed by atoms with Gasteiger partial charge in [0.05, 0.1) is 0 Å². The number of piperazine rings is 1. The van der Waals surface area contributed by atoms with E-state index >= 15 is 0 Å². The molecule has 9 heteroatoms. The summed E-state index contributed by atoms with van der Waals surface area (Å²) in [4.78, 5) is 5.41. The third kappa shape index (κ3) is 4.17. The van der Waals surface area contributed by atoms with Gasteiger partial charge in [-0.15, -0.1) is 10.2 Å². The molecule has 33 heavy (non-hydrogen) atoms. The van der Waals surface area contributed by atoms with Crippen LogP contribution in [-0.4, -0.2) is 53.6 Å². The van der Waals surface area contributed by atoms with E-state index in [1.54, 1.807) is 10.4 Å². The van der Waals surface area contributed by atoms with E-state index in [9.17, 15) is 8.42 Å². The molecule has 3 heterocycles. The van der Waals surface area contributed by atoms with Crippen LogP contribution in [0.25, 0.3) is 23.0 Å². The molecule has 8 nitrogen and oxygen atoms in total. The number of rotatable bonds is 5. The van der Waals surface area contributed by atoms with Crippen molar-refractivity contribution in [1.29, 1.82) is 0 Å². The summed E-state index contributed by atoms with van der Waals surface area (Å²) >= 11 is 0. The Kier molecular flexibility index (Phi) is 5.51. The monoisotopic (exact) mass is 463 g/mol. The third-order valence-electron chi connectivity index (χ3n) is 5.89. The van der Waals surface area contributed by atoms with E-state index in [-0.39, 0.29) is 16.8 Å². The van der Waals surface area contributed by atoms with E-state index in [0.29, 0.717) is 31.2 Å². The quantitative estimate of drug-likeness (QED) is 0.482. The van der Waals surface area contributed by atoms with Gasteiger partial charge in [-0.2, -0.15) is 4.31 Å². The zero-order valence-electron chi connectivity index (χ0n) is 18.5. The van der Waals surface area contributed by atoms with Gasteiger partial charge in [0, 0.05) is 43.1 Å². The summed E-state index contributed by atoms with van der Waals surface area (Å²) in [7, 11) is -3.66. The first-order valence-corrected chi connectivity index (χ1v) is 12.3. The van der Waals surface area contributed by atoms with Crippen LogP contribution in [0.1, 0.15) is 12.5 Å². The SMILES string of the molecule is Cc1cccc(N2CCN(S(=O)(=O)c3c[nH]c(-c4nnc(-c5ccccc5)o4)c3)CC2C)c1. The van der Waals surface area contributed by atoms with Crippen molar-refractivity contribution in [2.24, 2.45) is 0 Å². The van der Waals surface area contributed by atoms with Crippen LogP contribution >= 0.6 is 0 Å². The van der Waals surface area contributed by atoms with Crippen molar-refractivity contribution in [3.63, 3.8) is 0 Å². The topological polar surface area (TPSA) is 95.3 Å². The van der Waals surface area contributed by atoms with Crippen LogP contribution in [0.15, 0.2) is 76.2 Å². The molecule has 1 aliphatic heterocycles. The van der Waals surface area contributed by atoms with Gasteiger partial charge in [0.25, 0.3) is 5.89 Å². The highest BCUT2D eigenvalue weighted by Gasteiger charge is 2.33. The van der Waals surface area contributed by atoms with Gasteiger partial charge in [-0.25, -0.2) is 8.42 Å². The summed E-state index contributed by atoms with van der Waals surface area (Å²) < 4.78 is 33.9. The highest BCUT2D eigenvalue weighted by Crippen LogP contribution is 2.28. The van der Waals surface area contributed by atoms with E-state index in [1.165, 1.54) is 11.8 Å². The number of nitrogens with one attached hydrogen (secondary N) is 1. The largest absolute Gasteiger partial charge is 0.415 e. The molecule has 1 saturated heterocycles. The molecule has 170 valence electrons. The van der Waals surface area contributed by atoms with Crippen molar-refractivity contribution in [2.75, 3.05) is 24.5 Å².